The van der Waals surface area contributed by atoms with Gasteiger partial charge in [-0.15, -0.1) is 0 Å². The molecule has 1 atom stereocenters. The molecular weight excluding hydrogens is 582 g/mol. The molecule has 0 aliphatic carbocycles. The third-order valence-corrected chi connectivity index (χ3v) is 9.41. The Hall–Kier alpha value is -4.20. The van der Waals surface area contributed by atoms with E-state index in [9.17, 15) is 31.5 Å². The van der Waals surface area contributed by atoms with Crippen LogP contribution in [-0.2, 0) is 24.8 Å². The zero-order valence-electron chi connectivity index (χ0n) is 23.3. The van der Waals surface area contributed by atoms with Crippen LogP contribution in [0.25, 0.3) is 22.1 Å². The van der Waals surface area contributed by atoms with Gasteiger partial charge in [-0.2, -0.15) is 4.72 Å². The number of benzene rings is 3. The van der Waals surface area contributed by atoms with Crippen molar-refractivity contribution in [2.45, 2.75) is 38.6 Å². The fourth-order valence-corrected chi connectivity index (χ4v) is 6.30. The topological polar surface area (TPSA) is 172 Å². The minimum absolute atomic E-state index is 0.0465. The average molecular weight is 614 g/mol. The maximum Gasteiger partial charge on any atom is 0.322 e. The molecule has 0 spiro atoms. The highest BCUT2D eigenvalue weighted by atomic mass is 32.2. The maximum atomic E-state index is 13.1. The molecule has 0 radical (unpaired) electrons. The van der Waals surface area contributed by atoms with E-state index < -0.39 is 43.9 Å². The van der Waals surface area contributed by atoms with Gasteiger partial charge in [-0.25, -0.2) is 16.8 Å². The van der Waals surface area contributed by atoms with Crippen molar-refractivity contribution in [3.8, 4) is 11.1 Å². The average Bonchev–Trinajstić information content (AvgIpc) is 3.29. The van der Waals surface area contributed by atoms with Crippen LogP contribution in [0.4, 0.5) is 11.4 Å². The second-order valence-electron chi connectivity index (χ2n) is 9.98. The van der Waals surface area contributed by atoms with E-state index in [0.29, 0.717) is 33.5 Å². The summed E-state index contributed by atoms with van der Waals surface area (Å²) < 4.78 is 60.1. The SMILES string of the molecule is CCS(=O)(=O)Nc1cccc2oc(C(=O)Nc3ccc(-c4ccc(S(=O)(=O)NC(C(=O)O)C(C)C)cc4)cc3)c(C)c12. The lowest BCUT2D eigenvalue weighted by molar-refractivity contribution is -0.140. The van der Waals surface area contributed by atoms with E-state index in [0.717, 1.165) is 5.56 Å². The van der Waals surface area contributed by atoms with Crippen LogP contribution in [0, 0.1) is 12.8 Å². The molecule has 1 heterocycles. The van der Waals surface area contributed by atoms with Gasteiger partial charge >= 0.3 is 5.97 Å². The normalized spacial score (nSPS) is 12.8. The van der Waals surface area contributed by atoms with Gasteiger partial charge in [-0.3, -0.25) is 14.3 Å². The van der Waals surface area contributed by atoms with Crippen molar-refractivity contribution in [1.29, 1.82) is 0 Å². The van der Waals surface area contributed by atoms with E-state index in [4.69, 9.17) is 4.42 Å². The van der Waals surface area contributed by atoms with Crippen molar-refractivity contribution in [3.05, 3.63) is 78.1 Å². The summed E-state index contributed by atoms with van der Waals surface area (Å²) in [6.07, 6.45) is 0. The van der Waals surface area contributed by atoms with E-state index in [1.165, 1.54) is 19.1 Å². The molecule has 1 amide bonds. The monoisotopic (exact) mass is 613 g/mol. The van der Waals surface area contributed by atoms with Crippen LogP contribution in [0.5, 0.6) is 0 Å². The van der Waals surface area contributed by atoms with E-state index in [-0.39, 0.29) is 16.4 Å². The number of nitrogens with one attached hydrogen (secondary N) is 3. The number of amides is 1. The fourth-order valence-electron chi connectivity index (χ4n) is 4.31. The molecule has 4 rings (SSSR count). The number of furan rings is 1. The van der Waals surface area contributed by atoms with E-state index in [2.05, 4.69) is 14.8 Å². The molecule has 11 nitrogen and oxygen atoms in total. The van der Waals surface area contributed by atoms with Crippen molar-refractivity contribution in [2.24, 2.45) is 5.92 Å². The van der Waals surface area contributed by atoms with Crippen molar-refractivity contribution < 1.29 is 35.9 Å². The van der Waals surface area contributed by atoms with E-state index in [1.54, 1.807) is 75.4 Å². The first-order chi connectivity index (χ1) is 19.7. The zero-order chi connectivity index (χ0) is 30.8. The summed E-state index contributed by atoms with van der Waals surface area (Å²) >= 11 is 0. The van der Waals surface area contributed by atoms with Gasteiger partial charge in [-0.05, 0) is 67.3 Å². The molecule has 0 bridgehead atoms. The molecule has 0 saturated carbocycles. The Morgan fingerprint density at radius 1 is 0.905 bits per heavy atom. The number of aryl methyl sites for hydroxylation is 1. The maximum absolute atomic E-state index is 13.1. The van der Waals surface area contributed by atoms with Crippen molar-refractivity contribution in [1.82, 2.24) is 4.72 Å². The fraction of sp³-hybridized carbons (Fsp3) is 0.241. The molecule has 0 aliphatic heterocycles. The minimum Gasteiger partial charge on any atom is -0.480 e. The number of carboxylic acids is 1. The quantitative estimate of drug-likeness (QED) is 0.187. The molecule has 1 aromatic heterocycles. The molecule has 0 saturated heterocycles. The Morgan fingerprint density at radius 3 is 2.05 bits per heavy atom. The van der Waals surface area contributed by atoms with Gasteiger partial charge in [0.15, 0.2) is 5.76 Å². The van der Waals surface area contributed by atoms with Gasteiger partial charge in [0.25, 0.3) is 5.91 Å². The lowest BCUT2D eigenvalue weighted by Gasteiger charge is -2.18. The standard InChI is InChI=1S/C29H31N3O8S2/c1-5-41(36,37)31-23-7-6-8-24-25(23)18(4)27(40-24)28(33)30-21-13-9-19(10-14-21)20-11-15-22(16-12-20)42(38,39)32-26(17(2)3)29(34)35/h6-17,26,31-32H,5H2,1-4H3,(H,30,33)(H,34,35). The Balaban J connectivity index is 1.50. The van der Waals surface area contributed by atoms with Crippen LogP contribution in [0.1, 0.15) is 36.9 Å². The number of aliphatic carboxylic acids is 1. The predicted octanol–water partition coefficient (Wildman–Crippen LogP) is 4.81. The van der Waals surface area contributed by atoms with Crippen LogP contribution < -0.4 is 14.8 Å². The minimum atomic E-state index is -4.04. The molecule has 1 unspecified atom stereocenters. The highest BCUT2D eigenvalue weighted by molar-refractivity contribution is 7.92. The zero-order valence-corrected chi connectivity index (χ0v) is 25.0. The van der Waals surface area contributed by atoms with Crippen LogP contribution in [-0.4, -0.2) is 45.6 Å². The summed E-state index contributed by atoms with van der Waals surface area (Å²) in [5.41, 5.74) is 3.13. The molecular formula is C29H31N3O8S2. The number of carboxylic acid groups (broad SMARTS) is 1. The number of anilines is 2. The van der Waals surface area contributed by atoms with Gasteiger partial charge in [0.1, 0.15) is 11.6 Å². The Labute approximate surface area is 244 Å². The molecule has 42 heavy (non-hydrogen) atoms. The van der Waals surface area contributed by atoms with Gasteiger partial charge in [-0.1, -0.05) is 44.2 Å². The Kier molecular flexibility index (Phi) is 8.76. The third kappa shape index (κ3) is 6.64. The number of rotatable bonds is 11. The van der Waals surface area contributed by atoms with Crippen molar-refractivity contribution >= 4 is 54.3 Å². The second-order valence-corrected chi connectivity index (χ2v) is 13.7. The summed E-state index contributed by atoms with van der Waals surface area (Å²) in [6.45, 7) is 6.44. The highest BCUT2D eigenvalue weighted by Gasteiger charge is 2.28. The van der Waals surface area contributed by atoms with E-state index in [1.807, 2.05) is 0 Å². The van der Waals surface area contributed by atoms with Crippen molar-refractivity contribution in [2.75, 3.05) is 15.8 Å². The predicted molar refractivity (Wildman–Crippen MR) is 160 cm³/mol. The molecule has 4 aromatic rings. The smallest absolute Gasteiger partial charge is 0.322 e. The largest absolute Gasteiger partial charge is 0.480 e. The number of hydrogen-bond donors (Lipinski definition) is 4. The molecule has 3 aromatic carbocycles. The number of fused-ring (bicyclic) bond motifs is 1. The molecule has 0 aliphatic rings. The Morgan fingerprint density at radius 2 is 1.50 bits per heavy atom. The third-order valence-electron chi connectivity index (χ3n) is 6.66. The first-order valence-corrected chi connectivity index (χ1v) is 16.2. The number of carbonyl (C=O) groups is 2. The van der Waals surface area contributed by atoms with Crippen LogP contribution >= 0.6 is 0 Å². The Bertz CT molecular complexity index is 1850. The van der Waals surface area contributed by atoms with E-state index >= 15 is 0 Å². The van der Waals surface area contributed by atoms with Crippen molar-refractivity contribution in [3.63, 3.8) is 0 Å². The summed E-state index contributed by atoms with van der Waals surface area (Å²) in [5.74, 6) is -2.26. The van der Waals surface area contributed by atoms with Gasteiger partial charge < -0.3 is 14.8 Å². The summed E-state index contributed by atoms with van der Waals surface area (Å²) in [4.78, 5) is 24.4. The summed E-state index contributed by atoms with van der Waals surface area (Å²) in [6, 6.07) is 16.5. The van der Waals surface area contributed by atoms with Crippen LogP contribution in [0.2, 0.25) is 0 Å². The lowest BCUT2D eigenvalue weighted by atomic mass is 10.1. The van der Waals surface area contributed by atoms with Gasteiger partial charge in [0.2, 0.25) is 20.0 Å². The number of sulfonamides is 2. The molecule has 222 valence electrons. The van der Waals surface area contributed by atoms with Crippen LogP contribution in [0.15, 0.2) is 76.0 Å². The summed E-state index contributed by atoms with van der Waals surface area (Å²) in [7, 11) is -7.58. The second kappa shape index (κ2) is 12.0. The number of hydrogen-bond acceptors (Lipinski definition) is 7. The number of carbonyl (C=O) groups excluding carboxylic acids is 1. The summed E-state index contributed by atoms with van der Waals surface area (Å²) in [5, 5.41) is 12.6. The first-order valence-electron chi connectivity index (χ1n) is 13.0. The van der Waals surface area contributed by atoms with Crippen LogP contribution in [0.3, 0.4) is 0 Å². The lowest BCUT2D eigenvalue weighted by Crippen LogP contribution is -2.44. The molecule has 0 fully saturated rings. The molecule has 4 N–H and O–H groups in total. The molecule has 13 heteroatoms. The first kappa shape index (κ1) is 30.8. The van der Waals surface area contributed by atoms with Gasteiger partial charge in [0, 0.05) is 16.6 Å². The highest BCUT2D eigenvalue weighted by Crippen LogP contribution is 2.33. The van der Waals surface area contributed by atoms with Gasteiger partial charge in [0.05, 0.1) is 16.3 Å².